The van der Waals surface area contributed by atoms with Crippen molar-refractivity contribution in [2.75, 3.05) is 6.61 Å². The van der Waals surface area contributed by atoms with E-state index in [0.29, 0.717) is 12.3 Å². The molecule has 0 saturated carbocycles. The third-order valence-corrected chi connectivity index (χ3v) is 1.25. The van der Waals surface area contributed by atoms with Crippen LogP contribution in [0.15, 0.2) is 22.8 Å². The Bertz CT molecular complexity index is 309. The number of carbonyl (C=O) groups excluding carboxylic acids is 1. The monoisotopic (exact) mass is 164 g/mol. The van der Waals surface area contributed by atoms with Gasteiger partial charge >= 0.3 is 5.97 Å². The van der Waals surface area contributed by atoms with E-state index in [2.05, 4.69) is 10.9 Å². The fourth-order valence-corrected chi connectivity index (χ4v) is 0.751. The van der Waals surface area contributed by atoms with Crippen molar-refractivity contribution in [3.63, 3.8) is 0 Å². The molecule has 12 heavy (non-hydrogen) atoms. The van der Waals surface area contributed by atoms with E-state index in [1.807, 2.05) is 0 Å². The van der Waals surface area contributed by atoms with Crippen molar-refractivity contribution in [1.82, 2.24) is 0 Å². The van der Waals surface area contributed by atoms with E-state index in [9.17, 15) is 4.79 Å². The average molecular weight is 164 g/mol. The van der Waals surface area contributed by atoms with Crippen molar-refractivity contribution in [3.8, 4) is 0 Å². The molecule has 1 heterocycles. The number of hydrogen-bond acceptors (Lipinski definition) is 4. The summed E-state index contributed by atoms with van der Waals surface area (Å²) < 4.78 is 4.70. The van der Waals surface area contributed by atoms with Crippen molar-refractivity contribution >= 4 is 17.6 Å². The molecule has 0 bridgehead atoms. The van der Waals surface area contributed by atoms with E-state index in [1.54, 1.807) is 13.0 Å². The Hall–Kier alpha value is -1.67. The lowest BCUT2D eigenvalue weighted by atomic mass is 10.4. The van der Waals surface area contributed by atoms with Crippen LogP contribution in [0.25, 0.3) is 0 Å². The Morgan fingerprint density at radius 1 is 1.75 bits per heavy atom. The number of hydrogen-bond donors (Lipinski definition) is 1. The number of allylic oxidation sites excluding steroid dienone is 1. The summed E-state index contributed by atoms with van der Waals surface area (Å²) in [6.07, 6.45) is 3.05. The Kier molecular flexibility index (Phi) is 2.56. The molecule has 0 unspecified atom stereocenters. The molecule has 1 N–H and O–H groups in total. The summed E-state index contributed by atoms with van der Waals surface area (Å²) in [5, 5.41) is 6.74. The Morgan fingerprint density at radius 3 is 3.00 bits per heavy atom. The maximum atomic E-state index is 11.0. The summed E-state index contributed by atoms with van der Waals surface area (Å²) in [5.41, 5.74) is 0.574. The van der Waals surface area contributed by atoms with E-state index in [0.717, 1.165) is 0 Å². The van der Waals surface area contributed by atoms with Gasteiger partial charge in [0, 0.05) is 5.87 Å². The molecule has 0 atom stereocenters. The largest absolute Gasteiger partial charge is 0.461 e. The standard InChI is InChI=1S/C8H8N2O2/c1-2-12-8(11)7-4-3-6(5-9)10-7/h3-4,9H,2H2,1H3. The highest BCUT2D eigenvalue weighted by Gasteiger charge is 2.13. The normalized spacial score (nSPS) is 14.1. The second kappa shape index (κ2) is 3.64. The first-order valence-corrected chi connectivity index (χ1v) is 3.51. The number of carbonyl (C=O) groups is 1. The van der Waals surface area contributed by atoms with Crippen LogP contribution in [0.4, 0.5) is 0 Å². The van der Waals surface area contributed by atoms with Gasteiger partial charge in [-0.15, -0.1) is 0 Å². The first-order valence-electron chi connectivity index (χ1n) is 3.51. The molecule has 0 aromatic rings. The zero-order chi connectivity index (χ0) is 8.97. The van der Waals surface area contributed by atoms with Gasteiger partial charge in [-0.05, 0) is 19.1 Å². The van der Waals surface area contributed by atoms with Crippen molar-refractivity contribution in [2.45, 2.75) is 6.92 Å². The highest BCUT2D eigenvalue weighted by molar-refractivity contribution is 6.42. The molecule has 4 heteroatoms. The van der Waals surface area contributed by atoms with Gasteiger partial charge in [0.05, 0.1) is 6.61 Å². The zero-order valence-electron chi connectivity index (χ0n) is 6.63. The van der Waals surface area contributed by atoms with Crippen LogP contribution in [0.5, 0.6) is 0 Å². The quantitative estimate of drug-likeness (QED) is 0.482. The van der Waals surface area contributed by atoms with Crippen LogP contribution in [0, 0.1) is 5.41 Å². The van der Waals surface area contributed by atoms with Crippen molar-refractivity contribution < 1.29 is 9.53 Å². The van der Waals surface area contributed by atoms with Crippen LogP contribution >= 0.6 is 0 Å². The molecule has 62 valence electrons. The molecule has 0 fully saturated rings. The molecule has 1 aliphatic heterocycles. The Labute approximate surface area is 69.8 Å². The lowest BCUT2D eigenvalue weighted by Gasteiger charge is -1.96. The third-order valence-electron chi connectivity index (χ3n) is 1.25. The summed E-state index contributed by atoms with van der Waals surface area (Å²) >= 11 is 0. The van der Waals surface area contributed by atoms with Gasteiger partial charge in [0.15, 0.2) is 0 Å². The van der Waals surface area contributed by atoms with Crippen LogP contribution in [0.3, 0.4) is 0 Å². The third kappa shape index (κ3) is 1.68. The lowest BCUT2D eigenvalue weighted by Crippen LogP contribution is -2.13. The summed E-state index contributed by atoms with van der Waals surface area (Å²) in [5.74, 6) is 1.62. The minimum Gasteiger partial charge on any atom is -0.461 e. The van der Waals surface area contributed by atoms with Gasteiger partial charge in [-0.25, -0.2) is 9.79 Å². The molecular formula is C8H8N2O2. The molecule has 0 aromatic carbocycles. The van der Waals surface area contributed by atoms with Gasteiger partial charge < -0.3 is 4.74 Å². The van der Waals surface area contributed by atoms with E-state index >= 15 is 0 Å². The van der Waals surface area contributed by atoms with Crippen LogP contribution < -0.4 is 0 Å². The molecule has 4 nitrogen and oxygen atoms in total. The molecule has 0 aliphatic carbocycles. The Morgan fingerprint density at radius 2 is 2.50 bits per heavy atom. The number of esters is 1. The number of nitrogens with zero attached hydrogens (tertiary/aromatic N) is 1. The van der Waals surface area contributed by atoms with E-state index in [1.165, 1.54) is 6.08 Å². The maximum Gasteiger partial charge on any atom is 0.356 e. The molecule has 0 radical (unpaired) electrons. The smallest absolute Gasteiger partial charge is 0.356 e. The summed E-state index contributed by atoms with van der Waals surface area (Å²) in [6.45, 7) is 2.06. The number of rotatable bonds is 2. The first-order chi connectivity index (χ1) is 5.77. The van der Waals surface area contributed by atoms with Gasteiger partial charge in [-0.1, -0.05) is 0 Å². The van der Waals surface area contributed by atoms with Crippen molar-refractivity contribution in [2.24, 2.45) is 4.99 Å². The average Bonchev–Trinajstić information content (AvgIpc) is 2.52. The molecule has 1 rings (SSSR count). The molecular weight excluding hydrogens is 156 g/mol. The first kappa shape index (κ1) is 8.43. The van der Waals surface area contributed by atoms with E-state index < -0.39 is 5.97 Å². The fraction of sp³-hybridized carbons (Fsp3) is 0.250. The SMILES string of the molecule is CCOC(=O)C1=NC(=C=N)C=C1. The van der Waals surface area contributed by atoms with Crippen molar-refractivity contribution in [1.29, 1.82) is 5.41 Å². The molecule has 0 saturated heterocycles. The summed E-state index contributed by atoms with van der Waals surface area (Å²) in [4.78, 5) is 14.8. The summed E-state index contributed by atoms with van der Waals surface area (Å²) in [7, 11) is 0. The predicted molar refractivity (Wildman–Crippen MR) is 44.4 cm³/mol. The topological polar surface area (TPSA) is 62.5 Å². The highest BCUT2D eigenvalue weighted by atomic mass is 16.5. The molecule has 0 aromatic heterocycles. The molecule has 0 amide bonds. The number of ether oxygens (including phenoxy) is 1. The fourth-order valence-electron chi connectivity index (χ4n) is 0.751. The maximum absolute atomic E-state index is 11.0. The lowest BCUT2D eigenvalue weighted by molar-refractivity contribution is -0.134. The summed E-state index contributed by atoms with van der Waals surface area (Å²) in [6, 6.07) is 0. The van der Waals surface area contributed by atoms with Crippen LogP contribution in [0.2, 0.25) is 0 Å². The van der Waals surface area contributed by atoms with E-state index in [4.69, 9.17) is 10.1 Å². The van der Waals surface area contributed by atoms with Crippen LogP contribution in [0.1, 0.15) is 6.92 Å². The highest BCUT2D eigenvalue weighted by Crippen LogP contribution is 2.05. The second-order valence-corrected chi connectivity index (χ2v) is 2.06. The molecule has 1 aliphatic rings. The zero-order valence-corrected chi connectivity index (χ0v) is 6.63. The Balaban J connectivity index is 2.74. The van der Waals surface area contributed by atoms with Crippen molar-refractivity contribution in [3.05, 3.63) is 17.8 Å². The van der Waals surface area contributed by atoms with Gasteiger partial charge in [-0.2, -0.15) is 0 Å². The predicted octanol–water partition coefficient (Wildman–Crippen LogP) is 0.693. The van der Waals surface area contributed by atoms with Crippen LogP contribution in [-0.4, -0.2) is 24.2 Å². The van der Waals surface area contributed by atoms with Gasteiger partial charge in [0.25, 0.3) is 0 Å². The van der Waals surface area contributed by atoms with Crippen LogP contribution in [-0.2, 0) is 9.53 Å². The second-order valence-electron chi connectivity index (χ2n) is 2.06. The number of aliphatic imine (C=N–C) groups is 1. The number of nitrogens with one attached hydrogen (secondary N) is 1. The minimum atomic E-state index is -0.459. The minimum absolute atomic E-state index is 0.228. The van der Waals surface area contributed by atoms with Gasteiger partial charge in [-0.3, -0.25) is 5.41 Å². The van der Waals surface area contributed by atoms with Gasteiger partial charge in [0.1, 0.15) is 11.4 Å². The van der Waals surface area contributed by atoms with Gasteiger partial charge in [0.2, 0.25) is 0 Å². The molecule has 0 spiro atoms. The van der Waals surface area contributed by atoms with E-state index in [-0.39, 0.29) is 5.71 Å².